The zero-order chi connectivity index (χ0) is 14.3. The first-order valence-electron chi connectivity index (χ1n) is 5.82. The minimum atomic E-state index is -0.338. The van der Waals surface area contributed by atoms with Crippen molar-refractivity contribution in [2.45, 2.75) is 0 Å². The van der Waals surface area contributed by atoms with Crippen molar-refractivity contribution in [3.63, 3.8) is 0 Å². The molecule has 2 aromatic carbocycles. The van der Waals surface area contributed by atoms with Crippen molar-refractivity contribution < 1.29 is 9.18 Å². The van der Waals surface area contributed by atoms with Gasteiger partial charge in [0.15, 0.2) is 0 Å². The van der Waals surface area contributed by atoms with Gasteiger partial charge in [-0.1, -0.05) is 23.7 Å². The van der Waals surface area contributed by atoms with E-state index in [0.29, 0.717) is 20.8 Å². The number of hydrogen-bond donors (Lipinski definition) is 1. The van der Waals surface area contributed by atoms with E-state index in [0.717, 1.165) is 11.1 Å². The highest BCUT2D eigenvalue weighted by atomic mass is 79.9. The molecule has 0 spiro atoms. The van der Waals surface area contributed by atoms with Crippen LogP contribution in [0.4, 0.5) is 10.1 Å². The van der Waals surface area contributed by atoms with Crippen molar-refractivity contribution in [3.05, 3.63) is 62.8 Å². The van der Waals surface area contributed by atoms with Crippen LogP contribution in [0.25, 0.3) is 11.6 Å². The summed E-state index contributed by atoms with van der Waals surface area (Å²) in [4.78, 5) is 12.0. The molecule has 0 radical (unpaired) electrons. The van der Waals surface area contributed by atoms with Crippen LogP contribution >= 0.6 is 27.5 Å². The number of fused-ring (bicyclic) bond motifs is 1. The Hall–Kier alpha value is -1.65. The Balaban J connectivity index is 2.08. The van der Waals surface area contributed by atoms with Gasteiger partial charge in [-0.25, -0.2) is 4.39 Å². The third-order valence-electron chi connectivity index (χ3n) is 3.02. The molecule has 1 aliphatic rings. The van der Waals surface area contributed by atoms with Crippen LogP contribution in [0, 0.1) is 5.82 Å². The summed E-state index contributed by atoms with van der Waals surface area (Å²) in [6.45, 7) is 0. The molecule has 1 N–H and O–H groups in total. The van der Waals surface area contributed by atoms with Crippen LogP contribution in [0.2, 0.25) is 5.02 Å². The van der Waals surface area contributed by atoms with Gasteiger partial charge >= 0.3 is 0 Å². The lowest BCUT2D eigenvalue weighted by Crippen LogP contribution is -2.03. The Morgan fingerprint density at radius 3 is 2.75 bits per heavy atom. The first-order valence-corrected chi connectivity index (χ1v) is 7.00. The number of benzene rings is 2. The number of carbonyl (C=O) groups excluding carboxylic acids is 1. The van der Waals surface area contributed by atoms with Gasteiger partial charge in [0.2, 0.25) is 0 Å². The second-order valence-corrected chi connectivity index (χ2v) is 5.67. The summed E-state index contributed by atoms with van der Waals surface area (Å²) < 4.78 is 13.6. The topological polar surface area (TPSA) is 29.1 Å². The molecule has 1 heterocycles. The summed E-state index contributed by atoms with van der Waals surface area (Å²) in [5.74, 6) is -0.530. The van der Waals surface area contributed by atoms with Crippen LogP contribution < -0.4 is 5.32 Å². The number of amides is 1. The van der Waals surface area contributed by atoms with Gasteiger partial charge in [0, 0.05) is 16.2 Å². The van der Waals surface area contributed by atoms with E-state index in [-0.39, 0.29) is 11.7 Å². The molecule has 0 fully saturated rings. The second kappa shape index (κ2) is 5.04. The van der Waals surface area contributed by atoms with E-state index < -0.39 is 0 Å². The van der Waals surface area contributed by atoms with Gasteiger partial charge in [-0.05, 0) is 51.8 Å². The largest absolute Gasteiger partial charge is 0.321 e. The molecule has 100 valence electrons. The summed E-state index contributed by atoms with van der Waals surface area (Å²) in [7, 11) is 0. The van der Waals surface area contributed by atoms with Crippen molar-refractivity contribution in [1.82, 2.24) is 0 Å². The molecule has 0 saturated heterocycles. The predicted molar refractivity (Wildman–Crippen MR) is 82.1 cm³/mol. The molecule has 0 bridgehead atoms. The number of hydrogen-bond acceptors (Lipinski definition) is 1. The van der Waals surface area contributed by atoms with Crippen LogP contribution in [-0.2, 0) is 4.79 Å². The van der Waals surface area contributed by atoms with Crippen LogP contribution in [0.5, 0.6) is 0 Å². The smallest absolute Gasteiger partial charge is 0.256 e. The number of carbonyl (C=O) groups is 1. The highest BCUT2D eigenvalue weighted by molar-refractivity contribution is 9.10. The molecule has 2 aromatic rings. The van der Waals surface area contributed by atoms with E-state index >= 15 is 0 Å². The zero-order valence-electron chi connectivity index (χ0n) is 10.1. The Kier molecular flexibility index (Phi) is 3.36. The number of anilines is 1. The van der Waals surface area contributed by atoms with Crippen molar-refractivity contribution in [2.75, 3.05) is 5.32 Å². The van der Waals surface area contributed by atoms with E-state index in [1.807, 2.05) is 0 Å². The highest BCUT2D eigenvalue weighted by Crippen LogP contribution is 2.35. The summed E-state index contributed by atoms with van der Waals surface area (Å²) in [5, 5.41) is 3.32. The summed E-state index contributed by atoms with van der Waals surface area (Å²) >= 11 is 9.03. The van der Waals surface area contributed by atoms with E-state index in [9.17, 15) is 9.18 Å². The molecule has 20 heavy (non-hydrogen) atoms. The van der Waals surface area contributed by atoms with Gasteiger partial charge in [-0.15, -0.1) is 0 Å². The maximum absolute atomic E-state index is 13.2. The molecule has 0 unspecified atom stereocenters. The summed E-state index contributed by atoms with van der Waals surface area (Å²) in [6, 6.07) is 9.83. The maximum Gasteiger partial charge on any atom is 0.256 e. The first-order chi connectivity index (χ1) is 9.54. The number of halogens is 3. The predicted octanol–water partition coefficient (Wildman–Crippen LogP) is 4.73. The van der Waals surface area contributed by atoms with E-state index in [4.69, 9.17) is 11.6 Å². The average molecular weight is 353 g/mol. The highest BCUT2D eigenvalue weighted by Gasteiger charge is 2.24. The van der Waals surface area contributed by atoms with E-state index in [1.54, 1.807) is 36.4 Å². The maximum atomic E-state index is 13.2. The average Bonchev–Trinajstić information content (AvgIpc) is 2.69. The molecule has 1 amide bonds. The van der Waals surface area contributed by atoms with Gasteiger partial charge in [-0.3, -0.25) is 4.79 Å². The van der Waals surface area contributed by atoms with Gasteiger partial charge in [0.05, 0.1) is 10.2 Å². The van der Waals surface area contributed by atoms with Crippen LogP contribution in [-0.4, -0.2) is 5.91 Å². The lowest BCUT2D eigenvalue weighted by atomic mass is 10.0. The Bertz CT molecular complexity index is 758. The number of nitrogens with one attached hydrogen (secondary N) is 1. The van der Waals surface area contributed by atoms with Crippen molar-refractivity contribution in [1.29, 1.82) is 0 Å². The Morgan fingerprint density at radius 1 is 1.20 bits per heavy atom. The normalized spacial score (nSPS) is 15.3. The van der Waals surface area contributed by atoms with Crippen molar-refractivity contribution >= 4 is 50.8 Å². The third-order valence-corrected chi connectivity index (χ3v) is 3.86. The molecular formula is C15H8BrClFNO. The van der Waals surface area contributed by atoms with Gasteiger partial charge in [0.25, 0.3) is 5.91 Å². The SMILES string of the molecule is O=C1Nc2cc(Cl)ccc2/C1=C\c1ccc(F)c(Br)c1. The fourth-order valence-corrected chi connectivity index (χ4v) is 2.65. The van der Waals surface area contributed by atoms with Crippen LogP contribution in [0.3, 0.4) is 0 Å². The molecule has 5 heteroatoms. The number of rotatable bonds is 1. The molecule has 3 rings (SSSR count). The fraction of sp³-hybridized carbons (Fsp3) is 0. The molecule has 0 saturated carbocycles. The second-order valence-electron chi connectivity index (χ2n) is 4.38. The Morgan fingerprint density at radius 2 is 2.00 bits per heavy atom. The molecule has 0 aromatic heterocycles. The summed E-state index contributed by atoms with van der Waals surface area (Å²) in [5.41, 5.74) is 2.76. The zero-order valence-corrected chi connectivity index (χ0v) is 12.4. The molecule has 2 nitrogen and oxygen atoms in total. The van der Waals surface area contributed by atoms with E-state index in [2.05, 4.69) is 21.2 Å². The molecular weight excluding hydrogens is 345 g/mol. The van der Waals surface area contributed by atoms with E-state index in [1.165, 1.54) is 6.07 Å². The van der Waals surface area contributed by atoms with Crippen molar-refractivity contribution in [3.8, 4) is 0 Å². The summed E-state index contributed by atoms with van der Waals surface area (Å²) in [6.07, 6.45) is 1.72. The minimum Gasteiger partial charge on any atom is -0.321 e. The lowest BCUT2D eigenvalue weighted by Gasteiger charge is -2.00. The fourth-order valence-electron chi connectivity index (χ4n) is 2.08. The standard InChI is InChI=1S/C15H8BrClFNO/c16-12-6-8(1-4-13(12)18)5-11-10-3-2-9(17)7-14(10)19-15(11)20/h1-7H,(H,19,20)/b11-5+. The quantitative estimate of drug-likeness (QED) is 0.738. The minimum absolute atomic E-state index is 0.192. The van der Waals surface area contributed by atoms with Crippen molar-refractivity contribution in [2.24, 2.45) is 0 Å². The van der Waals surface area contributed by atoms with Gasteiger partial charge in [0.1, 0.15) is 5.82 Å². The lowest BCUT2D eigenvalue weighted by molar-refractivity contribution is -0.110. The molecule has 0 aliphatic carbocycles. The van der Waals surface area contributed by atoms with Gasteiger partial charge < -0.3 is 5.32 Å². The third kappa shape index (κ3) is 2.37. The van der Waals surface area contributed by atoms with Crippen LogP contribution in [0.1, 0.15) is 11.1 Å². The molecule has 0 atom stereocenters. The molecule has 1 aliphatic heterocycles. The monoisotopic (exact) mass is 351 g/mol. The first kappa shape index (κ1) is 13.3. The van der Waals surface area contributed by atoms with Crippen LogP contribution in [0.15, 0.2) is 40.9 Å². The Labute approximate surface area is 128 Å². The van der Waals surface area contributed by atoms with Gasteiger partial charge in [-0.2, -0.15) is 0 Å².